The molecule has 0 unspecified atom stereocenters. The molecule has 6 nitrogen and oxygen atoms in total. The Morgan fingerprint density at radius 1 is 1.17 bits per heavy atom. The molecule has 6 heteroatoms. The summed E-state index contributed by atoms with van der Waals surface area (Å²) in [5, 5.41) is 15.2. The standard InChI is InChI=1S/C18H24N4O2/c1-4-18(5-2,12-23)22-17(24)21-15-8-6-14(7-9-15)16-19-11-10-13(3)20-16/h6-11,23H,4-5,12H2,1-3H3,(H2,21,22,24). The first kappa shape index (κ1) is 17.9. The normalized spacial score (nSPS) is 11.2. The highest BCUT2D eigenvalue weighted by Gasteiger charge is 2.27. The lowest BCUT2D eigenvalue weighted by Crippen LogP contribution is -2.51. The van der Waals surface area contributed by atoms with E-state index in [0.717, 1.165) is 11.3 Å². The molecule has 1 aromatic heterocycles. The fraction of sp³-hybridized carbons (Fsp3) is 0.389. The third-order valence-corrected chi connectivity index (χ3v) is 4.23. The number of hydrogen-bond acceptors (Lipinski definition) is 4. The van der Waals surface area contributed by atoms with Gasteiger partial charge >= 0.3 is 6.03 Å². The van der Waals surface area contributed by atoms with E-state index >= 15 is 0 Å². The molecule has 0 aliphatic carbocycles. The molecule has 128 valence electrons. The van der Waals surface area contributed by atoms with Gasteiger partial charge in [-0.05, 0) is 50.1 Å². The van der Waals surface area contributed by atoms with E-state index in [0.29, 0.717) is 24.4 Å². The van der Waals surface area contributed by atoms with Gasteiger partial charge in [0.2, 0.25) is 0 Å². The summed E-state index contributed by atoms with van der Waals surface area (Å²) in [6.07, 6.45) is 3.05. The van der Waals surface area contributed by atoms with Gasteiger partial charge in [-0.25, -0.2) is 14.8 Å². The Hall–Kier alpha value is -2.47. The SMILES string of the molecule is CCC(CC)(CO)NC(=O)Nc1ccc(-c2nccc(C)n2)cc1. The van der Waals surface area contributed by atoms with Gasteiger partial charge in [0.1, 0.15) is 0 Å². The van der Waals surface area contributed by atoms with E-state index in [1.807, 2.05) is 39.0 Å². The Kier molecular flexibility index (Phi) is 5.87. The number of aliphatic hydroxyl groups excluding tert-OH is 1. The maximum atomic E-state index is 12.1. The van der Waals surface area contributed by atoms with Gasteiger partial charge in [0.15, 0.2) is 5.82 Å². The van der Waals surface area contributed by atoms with Gasteiger partial charge in [-0.3, -0.25) is 0 Å². The average Bonchev–Trinajstić information content (AvgIpc) is 2.60. The molecule has 0 aliphatic heterocycles. The Bertz CT molecular complexity index is 673. The largest absolute Gasteiger partial charge is 0.394 e. The van der Waals surface area contributed by atoms with Crippen molar-refractivity contribution in [3.05, 3.63) is 42.2 Å². The van der Waals surface area contributed by atoms with E-state index in [9.17, 15) is 9.90 Å². The van der Waals surface area contributed by atoms with Crippen LogP contribution in [0.5, 0.6) is 0 Å². The number of aromatic nitrogens is 2. The third kappa shape index (κ3) is 4.29. The Balaban J connectivity index is 2.05. The molecule has 2 amide bonds. The van der Waals surface area contributed by atoms with Gasteiger partial charge in [0.25, 0.3) is 0 Å². The lowest BCUT2D eigenvalue weighted by Gasteiger charge is -2.30. The van der Waals surface area contributed by atoms with E-state index < -0.39 is 5.54 Å². The zero-order valence-corrected chi connectivity index (χ0v) is 14.3. The fourth-order valence-corrected chi connectivity index (χ4v) is 2.38. The number of carbonyl (C=O) groups excluding carboxylic acids is 1. The quantitative estimate of drug-likeness (QED) is 0.760. The van der Waals surface area contributed by atoms with Crippen LogP contribution in [0.25, 0.3) is 11.4 Å². The van der Waals surface area contributed by atoms with Crippen molar-refractivity contribution < 1.29 is 9.90 Å². The van der Waals surface area contributed by atoms with Crippen molar-refractivity contribution in [3.8, 4) is 11.4 Å². The van der Waals surface area contributed by atoms with Gasteiger partial charge in [0.05, 0.1) is 12.1 Å². The average molecular weight is 328 g/mol. The van der Waals surface area contributed by atoms with Gasteiger partial charge in [-0.2, -0.15) is 0 Å². The summed E-state index contributed by atoms with van der Waals surface area (Å²) in [6, 6.07) is 8.86. The molecule has 24 heavy (non-hydrogen) atoms. The summed E-state index contributed by atoms with van der Waals surface area (Å²) in [4.78, 5) is 20.8. The van der Waals surface area contributed by atoms with Crippen LogP contribution in [0, 0.1) is 6.92 Å². The van der Waals surface area contributed by atoms with Crippen LogP contribution in [-0.4, -0.2) is 33.3 Å². The van der Waals surface area contributed by atoms with Crippen molar-refractivity contribution in [1.29, 1.82) is 0 Å². The van der Waals surface area contributed by atoms with Gasteiger partial charge in [-0.15, -0.1) is 0 Å². The first-order valence-corrected chi connectivity index (χ1v) is 8.12. The molecule has 0 fully saturated rings. The number of benzene rings is 1. The van der Waals surface area contributed by atoms with Crippen LogP contribution in [0.3, 0.4) is 0 Å². The highest BCUT2D eigenvalue weighted by molar-refractivity contribution is 5.90. The maximum Gasteiger partial charge on any atom is 0.319 e. The second-order valence-corrected chi connectivity index (χ2v) is 5.82. The number of urea groups is 1. The Morgan fingerprint density at radius 3 is 2.38 bits per heavy atom. The number of anilines is 1. The molecular formula is C18H24N4O2. The summed E-state index contributed by atoms with van der Waals surface area (Å²) in [5.41, 5.74) is 1.87. The maximum absolute atomic E-state index is 12.1. The van der Waals surface area contributed by atoms with Crippen molar-refractivity contribution in [3.63, 3.8) is 0 Å². The molecule has 2 rings (SSSR count). The van der Waals surface area contributed by atoms with Crippen molar-refractivity contribution in [1.82, 2.24) is 15.3 Å². The molecule has 1 aromatic carbocycles. The molecule has 0 saturated heterocycles. The second kappa shape index (κ2) is 7.88. The highest BCUT2D eigenvalue weighted by atomic mass is 16.3. The molecule has 3 N–H and O–H groups in total. The zero-order valence-electron chi connectivity index (χ0n) is 14.3. The Morgan fingerprint density at radius 2 is 1.83 bits per heavy atom. The monoisotopic (exact) mass is 328 g/mol. The number of nitrogens with one attached hydrogen (secondary N) is 2. The molecule has 0 saturated carbocycles. The number of aryl methyl sites for hydroxylation is 1. The van der Waals surface area contributed by atoms with Crippen molar-refractivity contribution in [2.45, 2.75) is 39.2 Å². The van der Waals surface area contributed by atoms with E-state index in [4.69, 9.17) is 0 Å². The predicted molar refractivity (Wildman–Crippen MR) is 94.8 cm³/mol. The number of rotatable bonds is 6. The minimum absolute atomic E-state index is 0.0863. The first-order chi connectivity index (χ1) is 11.5. The van der Waals surface area contributed by atoms with Crippen molar-refractivity contribution in [2.24, 2.45) is 0 Å². The van der Waals surface area contributed by atoms with Gasteiger partial charge in [0, 0.05) is 23.1 Å². The van der Waals surface area contributed by atoms with Crippen LogP contribution in [-0.2, 0) is 0 Å². The molecule has 1 heterocycles. The smallest absolute Gasteiger partial charge is 0.319 e. The Labute approximate surface area is 142 Å². The number of nitrogens with zero attached hydrogens (tertiary/aromatic N) is 2. The predicted octanol–water partition coefficient (Wildman–Crippen LogP) is 3.12. The molecule has 0 bridgehead atoms. The highest BCUT2D eigenvalue weighted by Crippen LogP contribution is 2.19. The van der Waals surface area contributed by atoms with Crippen molar-refractivity contribution in [2.75, 3.05) is 11.9 Å². The zero-order chi connectivity index (χ0) is 17.6. The fourth-order valence-electron chi connectivity index (χ4n) is 2.38. The lowest BCUT2D eigenvalue weighted by atomic mass is 9.94. The van der Waals surface area contributed by atoms with E-state index in [2.05, 4.69) is 20.6 Å². The molecule has 0 aliphatic rings. The summed E-state index contributed by atoms with van der Waals surface area (Å²) < 4.78 is 0. The number of amides is 2. The van der Waals surface area contributed by atoms with Crippen LogP contribution in [0.4, 0.5) is 10.5 Å². The molecule has 0 spiro atoms. The minimum Gasteiger partial charge on any atom is -0.394 e. The summed E-state index contributed by atoms with van der Waals surface area (Å²) >= 11 is 0. The number of aliphatic hydroxyl groups is 1. The van der Waals surface area contributed by atoms with Gasteiger partial charge in [-0.1, -0.05) is 13.8 Å². The number of hydrogen-bond donors (Lipinski definition) is 3. The lowest BCUT2D eigenvalue weighted by molar-refractivity contribution is 0.155. The molecular weight excluding hydrogens is 304 g/mol. The van der Waals surface area contributed by atoms with E-state index in [1.54, 1.807) is 18.3 Å². The van der Waals surface area contributed by atoms with E-state index in [-0.39, 0.29) is 12.6 Å². The van der Waals surface area contributed by atoms with Crippen LogP contribution in [0.2, 0.25) is 0 Å². The summed E-state index contributed by atoms with van der Waals surface area (Å²) in [6.45, 7) is 5.71. The summed E-state index contributed by atoms with van der Waals surface area (Å²) in [5.74, 6) is 0.655. The van der Waals surface area contributed by atoms with Crippen LogP contribution in [0.15, 0.2) is 36.5 Å². The minimum atomic E-state index is -0.584. The molecule has 0 atom stereocenters. The number of carbonyl (C=O) groups is 1. The van der Waals surface area contributed by atoms with E-state index in [1.165, 1.54) is 0 Å². The van der Waals surface area contributed by atoms with Crippen LogP contribution < -0.4 is 10.6 Å². The molecule has 0 radical (unpaired) electrons. The van der Waals surface area contributed by atoms with Crippen LogP contribution in [0.1, 0.15) is 32.4 Å². The molecule has 2 aromatic rings. The second-order valence-electron chi connectivity index (χ2n) is 5.82. The van der Waals surface area contributed by atoms with Crippen LogP contribution >= 0.6 is 0 Å². The third-order valence-electron chi connectivity index (χ3n) is 4.23. The van der Waals surface area contributed by atoms with Gasteiger partial charge < -0.3 is 15.7 Å². The first-order valence-electron chi connectivity index (χ1n) is 8.12. The summed E-state index contributed by atoms with van der Waals surface area (Å²) in [7, 11) is 0. The van der Waals surface area contributed by atoms with Crippen molar-refractivity contribution >= 4 is 11.7 Å². The topological polar surface area (TPSA) is 87.1 Å².